The van der Waals surface area contributed by atoms with Crippen LogP contribution in [-0.4, -0.2) is 26.7 Å². The first kappa shape index (κ1) is 20.3. The highest BCUT2D eigenvalue weighted by atomic mass is 35.5. The monoisotopic (exact) mass is 416 g/mol. The van der Waals surface area contributed by atoms with Crippen molar-refractivity contribution >= 4 is 23.4 Å². The lowest BCUT2D eigenvalue weighted by Crippen LogP contribution is -2.42. The number of nitrogens with one attached hydrogen (secondary N) is 2. The van der Waals surface area contributed by atoms with Gasteiger partial charge in [0, 0.05) is 5.02 Å². The molecule has 1 heterocycles. The lowest BCUT2D eigenvalue weighted by molar-refractivity contribution is 0.0844. The van der Waals surface area contributed by atoms with Crippen LogP contribution in [0.5, 0.6) is 5.75 Å². The predicted molar refractivity (Wildman–Crippen MR) is 106 cm³/mol. The number of halogens is 2. The number of rotatable bonds is 4. The number of phenols is 1. The molecule has 2 aromatic carbocycles. The van der Waals surface area contributed by atoms with E-state index in [1.165, 1.54) is 36.5 Å². The van der Waals surface area contributed by atoms with E-state index < -0.39 is 11.8 Å². The Balaban J connectivity index is 1.81. The number of hydrogen-bond acceptors (Lipinski definition) is 4. The SMILES string of the molecule is CC(C)c1c(C(=O)NNC(=O)c2cc(Cl)ccc2O)cnn1-c1ccc(F)cc1. The number of carbonyl (C=O) groups excluding carboxylic acids is 2. The van der Waals surface area contributed by atoms with Crippen molar-refractivity contribution in [1.29, 1.82) is 0 Å². The molecule has 3 aromatic rings. The van der Waals surface area contributed by atoms with Crippen molar-refractivity contribution in [1.82, 2.24) is 20.6 Å². The predicted octanol–water partition coefficient (Wildman–Crippen LogP) is 3.57. The molecule has 3 rings (SSSR count). The van der Waals surface area contributed by atoms with E-state index >= 15 is 0 Å². The van der Waals surface area contributed by atoms with Crippen LogP contribution in [0.2, 0.25) is 5.02 Å². The zero-order valence-corrected chi connectivity index (χ0v) is 16.4. The van der Waals surface area contributed by atoms with Gasteiger partial charge in [-0.3, -0.25) is 20.4 Å². The number of aromatic hydroxyl groups is 1. The summed E-state index contributed by atoms with van der Waals surface area (Å²) >= 11 is 5.83. The lowest BCUT2D eigenvalue weighted by atomic mass is 10.1. The molecule has 0 atom stereocenters. The molecule has 0 saturated carbocycles. The summed E-state index contributed by atoms with van der Waals surface area (Å²) in [5.74, 6) is -2.05. The Bertz CT molecular complexity index is 1060. The maximum Gasteiger partial charge on any atom is 0.273 e. The molecule has 150 valence electrons. The van der Waals surface area contributed by atoms with E-state index in [1.54, 1.807) is 16.8 Å². The van der Waals surface area contributed by atoms with E-state index in [-0.39, 0.29) is 33.6 Å². The second kappa shape index (κ2) is 8.32. The highest BCUT2D eigenvalue weighted by Crippen LogP contribution is 2.24. The number of carbonyl (C=O) groups is 2. The fourth-order valence-electron chi connectivity index (χ4n) is 2.81. The first-order valence-corrected chi connectivity index (χ1v) is 9.08. The molecule has 0 unspecified atom stereocenters. The molecular formula is C20H18ClFN4O3. The summed E-state index contributed by atoms with van der Waals surface area (Å²) in [6, 6.07) is 9.72. The van der Waals surface area contributed by atoms with Crippen LogP contribution >= 0.6 is 11.6 Å². The van der Waals surface area contributed by atoms with Crippen molar-refractivity contribution in [3.8, 4) is 11.4 Å². The first-order valence-electron chi connectivity index (χ1n) is 8.71. The third-order valence-corrected chi connectivity index (χ3v) is 4.40. The molecule has 0 aliphatic heterocycles. The van der Waals surface area contributed by atoms with E-state index in [9.17, 15) is 19.1 Å². The highest BCUT2D eigenvalue weighted by molar-refractivity contribution is 6.31. The van der Waals surface area contributed by atoms with Crippen LogP contribution in [0.15, 0.2) is 48.7 Å². The van der Waals surface area contributed by atoms with Gasteiger partial charge >= 0.3 is 0 Å². The van der Waals surface area contributed by atoms with E-state index in [0.29, 0.717) is 11.4 Å². The number of nitrogens with zero attached hydrogens (tertiary/aromatic N) is 2. The van der Waals surface area contributed by atoms with Gasteiger partial charge in [-0.25, -0.2) is 9.07 Å². The second-order valence-corrected chi connectivity index (χ2v) is 6.99. The second-order valence-electron chi connectivity index (χ2n) is 6.56. The normalized spacial score (nSPS) is 10.8. The van der Waals surface area contributed by atoms with Crippen LogP contribution in [0.1, 0.15) is 46.2 Å². The number of hydrazine groups is 1. The number of amides is 2. The van der Waals surface area contributed by atoms with Gasteiger partial charge in [-0.05, 0) is 48.4 Å². The maximum absolute atomic E-state index is 13.2. The van der Waals surface area contributed by atoms with Crippen LogP contribution in [0.3, 0.4) is 0 Å². The van der Waals surface area contributed by atoms with Gasteiger partial charge in [-0.1, -0.05) is 25.4 Å². The fourth-order valence-corrected chi connectivity index (χ4v) is 2.99. The van der Waals surface area contributed by atoms with E-state index in [1.807, 2.05) is 13.8 Å². The Labute approximate surface area is 171 Å². The van der Waals surface area contributed by atoms with Crippen molar-refractivity contribution in [3.63, 3.8) is 0 Å². The largest absolute Gasteiger partial charge is 0.507 e. The first-order chi connectivity index (χ1) is 13.8. The molecule has 0 fully saturated rings. The van der Waals surface area contributed by atoms with Gasteiger partial charge < -0.3 is 5.11 Å². The highest BCUT2D eigenvalue weighted by Gasteiger charge is 2.22. The molecule has 0 spiro atoms. The zero-order chi connectivity index (χ0) is 21.1. The van der Waals surface area contributed by atoms with Crippen LogP contribution in [0.25, 0.3) is 5.69 Å². The van der Waals surface area contributed by atoms with Crippen molar-refractivity contribution in [2.45, 2.75) is 19.8 Å². The van der Waals surface area contributed by atoms with Gasteiger partial charge in [0.2, 0.25) is 0 Å². The Morgan fingerprint density at radius 1 is 1.07 bits per heavy atom. The molecule has 2 amide bonds. The van der Waals surface area contributed by atoms with Gasteiger partial charge in [0.1, 0.15) is 11.6 Å². The average Bonchev–Trinajstić information content (AvgIpc) is 3.14. The minimum Gasteiger partial charge on any atom is -0.507 e. The standard InChI is InChI=1S/C20H18ClFN4O3/c1-11(2)18-16(10-23-26(18)14-6-4-13(22)5-7-14)20(29)25-24-19(28)15-9-12(21)3-8-17(15)27/h3-11,27H,1-2H3,(H,24,28)(H,25,29). The quantitative estimate of drug-likeness (QED) is 0.566. The summed E-state index contributed by atoms with van der Waals surface area (Å²) in [5, 5.41) is 14.3. The van der Waals surface area contributed by atoms with E-state index in [0.717, 1.165) is 0 Å². The molecule has 1 aromatic heterocycles. The van der Waals surface area contributed by atoms with Crippen LogP contribution in [0, 0.1) is 5.82 Å². The zero-order valence-electron chi connectivity index (χ0n) is 15.6. The lowest BCUT2D eigenvalue weighted by Gasteiger charge is -2.13. The summed E-state index contributed by atoms with van der Waals surface area (Å²) in [6.07, 6.45) is 1.37. The molecular weight excluding hydrogens is 399 g/mol. The number of aromatic nitrogens is 2. The van der Waals surface area contributed by atoms with Crippen molar-refractivity contribution in [2.75, 3.05) is 0 Å². The molecule has 3 N–H and O–H groups in total. The summed E-state index contributed by atoms with van der Waals surface area (Å²) in [7, 11) is 0. The van der Waals surface area contributed by atoms with Crippen LogP contribution < -0.4 is 10.9 Å². The minimum atomic E-state index is -0.727. The Morgan fingerprint density at radius 3 is 2.31 bits per heavy atom. The summed E-state index contributed by atoms with van der Waals surface area (Å²) < 4.78 is 14.7. The van der Waals surface area contributed by atoms with E-state index in [4.69, 9.17) is 11.6 Å². The average molecular weight is 417 g/mol. The van der Waals surface area contributed by atoms with Crippen molar-refractivity contribution < 1.29 is 19.1 Å². The minimum absolute atomic E-state index is 0.0797. The smallest absolute Gasteiger partial charge is 0.273 e. The van der Waals surface area contributed by atoms with Gasteiger partial charge in [-0.2, -0.15) is 5.10 Å². The third kappa shape index (κ3) is 4.38. The molecule has 0 bridgehead atoms. The van der Waals surface area contributed by atoms with Gasteiger partial charge in [0.05, 0.1) is 28.7 Å². The molecule has 29 heavy (non-hydrogen) atoms. The summed E-state index contributed by atoms with van der Waals surface area (Å²) in [6.45, 7) is 3.77. The number of benzene rings is 2. The fraction of sp³-hybridized carbons (Fsp3) is 0.150. The van der Waals surface area contributed by atoms with Gasteiger partial charge in [0.25, 0.3) is 11.8 Å². The molecule has 0 aliphatic rings. The van der Waals surface area contributed by atoms with E-state index in [2.05, 4.69) is 16.0 Å². The Kier molecular flexibility index (Phi) is 5.84. The summed E-state index contributed by atoms with van der Waals surface area (Å²) in [4.78, 5) is 24.9. The maximum atomic E-state index is 13.2. The van der Waals surface area contributed by atoms with Gasteiger partial charge in [-0.15, -0.1) is 0 Å². The van der Waals surface area contributed by atoms with Crippen molar-refractivity contribution in [2.24, 2.45) is 0 Å². The molecule has 0 aliphatic carbocycles. The Hall–Kier alpha value is -3.39. The topological polar surface area (TPSA) is 96.2 Å². The van der Waals surface area contributed by atoms with Crippen LogP contribution in [-0.2, 0) is 0 Å². The number of hydrogen-bond donors (Lipinski definition) is 3. The molecule has 0 radical (unpaired) electrons. The van der Waals surface area contributed by atoms with Crippen molar-refractivity contribution in [3.05, 3.63) is 76.3 Å². The molecule has 9 heteroatoms. The van der Waals surface area contributed by atoms with Gasteiger partial charge in [0.15, 0.2) is 0 Å². The summed E-state index contributed by atoms with van der Waals surface area (Å²) in [5.41, 5.74) is 5.91. The molecule has 7 nitrogen and oxygen atoms in total. The molecule has 0 saturated heterocycles. The van der Waals surface area contributed by atoms with Crippen LogP contribution in [0.4, 0.5) is 4.39 Å². The third-order valence-electron chi connectivity index (χ3n) is 4.16. The Morgan fingerprint density at radius 2 is 1.69 bits per heavy atom. The number of phenolic OH excluding ortho intramolecular Hbond substituents is 1.